The first kappa shape index (κ1) is 31.1. The minimum atomic E-state index is -3.88. The Morgan fingerprint density at radius 1 is 1.07 bits per heavy atom. The van der Waals surface area contributed by atoms with Gasteiger partial charge in [0.25, 0.3) is 5.91 Å². The van der Waals surface area contributed by atoms with Gasteiger partial charge < -0.3 is 14.7 Å². The van der Waals surface area contributed by atoms with E-state index in [0.29, 0.717) is 34.8 Å². The van der Waals surface area contributed by atoms with Crippen LogP contribution in [0.4, 0.5) is 5.69 Å². The second kappa shape index (κ2) is 12.7. The van der Waals surface area contributed by atoms with E-state index in [2.05, 4.69) is 16.5 Å². The Morgan fingerprint density at radius 3 is 2.62 bits per heavy atom. The average Bonchev–Trinajstić information content (AvgIpc) is 2.97. The highest BCUT2D eigenvalue weighted by Gasteiger charge is 2.45. The van der Waals surface area contributed by atoms with Crippen LogP contribution in [-0.2, 0) is 23.1 Å². The number of aliphatic hydroxyl groups is 1. The number of hydrogen-bond donors (Lipinski definition) is 2. The quantitative estimate of drug-likeness (QED) is 0.387. The summed E-state index contributed by atoms with van der Waals surface area (Å²) in [6.07, 6.45) is 7.41. The molecule has 2 aromatic carbocycles. The fraction of sp³-hybridized carbons (Fsp3) is 0.606. The maximum Gasteiger partial charge on any atom is 0.264 e. The number of carbonyl (C=O) groups is 1. The summed E-state index contributed by atoms with van der Waals surface area (Å²) in [5, 5.41) is 10.6. The van der Waals surface area contributed by atoms with Gasteiger partial charge in [0.15, 0.2) is 0 Å². The van der Waals surface area contributed by atoms with Gasteiger partial charge in [0.05, 0.1) is 10.9 Å². The van der Waals surface area contributed by atoms with Crippen LogP contribution in [-0.4, -0.2) is 44.4 Å². The number of rotatable bonds is 1. The van der Waals surface area contributed by atoms with Crippen molar-refractivity contribution in [1.82, 2.24) is 4.72 Å². The maximum absolute atomic E-state index is 13.4. The Bertz CT molecular complexity index is 1400. The van der Waals surface area contributed by atoms with Crippen LogP contribution in [0.1, 0.15) is 87.2 Å². The Labute approximate surface area is 256 Å². The number of fused-ring (bicyclic) bond motifs is 3. The second-order valence-electron chi connectivity index (χ2n) is 13.1. The van der Waals surface area contributed by atoms with Crippen LogP contribution in [0.25, 0.3) is 0 Å². The molecule has 2 heterocycles. The molecule has 0 unspecified atom stereocenters. The molecular formula is C33H45ClN2O5S. The molecule has 5 atom stereocenters. The summed E-state index contributed by atoms with van der Waals surface area (Å²) < 4.78 is 35.3. The third-order valence-corrected chi connectivity index (χ3v) is 12.4. The lowest BCUT2D eigenvalue weighted by Crippen LogP contribution is -2.47. The van der Waals surface area contributed by atoms with Crippen LogP contribution in [0, 0.1) is 23.2 Å². The monoisotopic (exact) mass is 616 g/mol. The first-order valence-corrected chi connectivity index (χ1v) is 17.4. The summed E-state index contributed by atoms with van der Waals surface area (Å²) in [4.78, 5) is 15.7. The number of carbonyl (C=O) groups excluding carboxylic acids is 1. The SMILES string of the molecule is C[C@@H]1[C@@H](C)CCC[C@](C)(CO)[C@@H]2CC[C@H]2CN2CCCCc3cc(Cl)ccc3COc3ccc(cc32)C(=O)NS1(=O)=O. The lowest BCUT2D eigenvalue weighted by Gasteiger charge is -2.50. The summed E-state index contributed by atoms with van der Waals surface area (Å²) >= 11 is 6.32. The largest absolute Gasteiger partial charge is 0.487 e. The van der Waals surface area contributed by atoms with Gasteiger partial charge in [0.1, 0.15) is 12.4 Å². The number of hydrogen-bond acceptors (Lipinski definition) is 6. The Morgan fingerprint density at radius 2 is 1.88 bits per heavy atom. The number of ether oxygens (including phenoxy) is 1. The Balaban J connectivity index is 1.55. The summed E-state index contributed by atoms with van der Waals surface area (Å²) in [5.74, 6) is 0.719. The molecule has 3 aliphatic rings. The number of aliphatic hydroxyl groups excluding tert-OH is 1. The van der Waals surface area contributed by atoms with Gasteiger partial charge in [0, 0.05) is 30.3 Å². The van der Waals surface area contributed by atoms with Gasteiger partial charge >= 0.3 is 0 Å². The number of nitrogens with one attached hydrogen (secondary N) is 1. The van der Waals surface area contributed by atoms with Crippen molar-refractivity contribution < 1.29 is 23.1 Å². The summed E-state index contributed by atoms with van der Waals surface area (Å²) in [7, 11) is -3.88. The zero-order chi connectivity index (χ0) is 30.1. The van der Waals surface area contributed by atoms with Crippen LogP contribution in [0.3, 0.4) is 0 Å². The highest BCUT2D eigenvalue weighted by Crippen LogP contribution is 2.50. The van der Waals surface area contributed by atoms with Crippen molar-refractivity contribution in [3.05, 3.63) is 58.1 Å². The smallest absolute Gasteiger partial charge is 0.264 e. The minimum absolute atomic E-state index is 0.122. The molecule has 0 radical (unpaired) electrons. The van der Waals surface area contributed by atoms with E-state index >= 15 is 0 Å². The zero-order valence-electron chi connectivity index (χ0n) is 25.1. The van der Waals surface area contributed by atoms with Crippen molar-refractivity contribution in [3.8, 4) is 5.75 Å². The van der Waals surface area contributed by atoms with E-state index in [1.54, 1.807) is 25.1 Å². The number of nitrogens with zero attached hydrogens (tertiary/aromatic N) is 1. The number of amides is 1. The molecule has 2 bridgehead atoms. The van der Waals surface area contributed by atoms with E-state index in [9.17, 15) is 18.3 Å². The molecule has 2 aliphatic heterocycles. The molecule has 7 nitrogen and oxygen atoms in total. The molecule has 0 spiro atoms. The standard InChI is InChI=1S/C33H45ClN2O5S/c1-22-7-6-15-33(3,21-37)29-13-10-26(29)19-36-16-5-4-8-24-17-28(34)12-9-27(24)20-41-31-14-11-25(18-30(31)36)32(38)35-42(39,40)23(22)2/h9,11-12,14,17-18,22-23,26,29,37H,4-8,10,13,15-16,19-21H2,1-3H3,(H,35,38)/t22-,23+,26-,29+,33+/m0/s1. The normalized spacial score (nSPS) is 30.4. The van der Waals surface area contributed by atoms with E-state index in [0.717, 1.165) is 75.7 Å². The van der Waals surface area contributed by atoms with Gasteiger partial charge in [-0.15, -0.1) is 0 Å². The topological polar surface area (TPSA) is 95.9 Å². The van der Waals surface area contributed by atoms with Crippen LogP contribution < -0.4 is 14.4 Å². The van der Waals surface area contributed by atoms with Crippen molar-refractivity contribution >= 4 is 33.2 Å². The van der Waals surface area contributed by atoms with E-state index in [-0.39, 0.29) is 17.9 Å². The van der Waals surface area contributed by atoms with Crippen LogP contribution >= 0.6 is 11.6 Å². The van der Waals surface area contributed by atoms with Gasteiger partial charge in [-0.05, 0) is 116 Å². The molecule has 1 aliphatic carbocycles. The molecule has 2 aromatic rings. The number of halogens is 1. The van der Waals surface area contributed by atoms with E-state index in [1.165, 1.54) is 5.56 Å². The zero-order valence-corrected chi connectivity index (χ0v) is 26.6. The number of sulfonamides is 1. The molecule has 1 fully saturated rings. The summed E-state index contributed by atoms with van der Waals surface area (Å²) in [6, 6.07) is 11.2. The van der Waals surface area contributed by atoms with Gasteiger partial charge in [-0.1, -0.05) is 37.9 Å². The average molecular weight is 617 g/mol. The van der Waals surface area contributed by atoms with Crippen molar-refractivity contribution in [2.75, 3.05) is 24.6 Å². The predicted octanol–water partition coefficient (Wildman–Crippen LogP) is 6.35. The molecular weight excluding hydrogens is 572 g/mol. The molecule has 1 saturated carbocycles. The molecule has 2 N–H and O–H groups in total. The summed E-state index contributed by atoms with van der Waals surface area (Å²) in [6.45, 7) is 7.88. The highest BCUT2D eigenvalue weighted by atomic mass is 35.5. The first-order chi connectivity index (χ1) is 20.0. The third kappa shape index (κ3) is 6.61. The molecule has 230 valence electrons. The molecule has 0 aromatic heterocycles. The fourth-order valence-electron chi connectivity index (χ4n) is 7.10. The molecule has 42 heavy (non-hydrogen) atoms. The molecule has 5 rings (SSSR count). The Kier molecular flexibility index (Phi) is 9.45. The van der Waals surface area contributed by atoms with Gasteiger partial charge in [-0.3, -0.25) is 4.79 Å². The lowest BCUT2D eigenvalue weighted by atomic mass is 9.58. The van der Waals surface area contributed by atoms with Crippen molar-refractivity contribution in [2.24, 2.45) is 23.2 Å². The number of benzene rings is 2. The fourth-order valence-corrected chi connectivity index (χ4v) is 8.60. The number of anilines is 1. The maximum atomic E-state index is 13.4. The van der Waals surface area contributed by atoms with E-state index in [1.807, 2.05) is 25.1 Å². The first-order valence-electron chi connectivity index (χ1n) is 15.5. The minimum Gasteiger partial charge on any atom is -0.487 e. The van der Waals surface area contributed by atoms with Gasteiger partial charge in [-0.25, -0.2) is 13.1 Å². The van der Waals surface area contributed by atoms with E-state index < -0.39 is 21.2 Å². The second-order valence-corrected chi connectivity index (χ2v) is 15.6. The summed E-state index contributed by atoms with van der Waals surface area (Å²) in [5.41, 5.74) is 3.16. The van der Waals surface area contributed by atoms with Crippen LogP contribution in [0.2, 0.25) is 5.02 Å². The van der Waals surface area contributed by atoms with Crippen LogP contribution in [0.5, 0.6) is 5.75 Å². The van der Waals surface area contributed by atoms with Crippen LogP contribution in [0.15, 0.2) is 36.4 Å². The predicted molar refractivity (Wildman–Crippen MR) is 168 cm³/mol. The van der Waals surface area contributed by atoms with Crippen molar-refractivity contribution in [2.45, 2.75) is 84.0 Å². The van der Waals surface area contributed by atoms with Gasteiger partial charge in [0.2, 0.25) is 10.0 Å². The molecule has 9 heteroatoms. The number of aryl methyl sites for hydroxylation is 1. The Hall–Kier alpha value is -2.29. The molecule has 0 saturated heterocycles. The van der Waals surface area contributed by atoms with Gasteiger partial charge in [-0.2, -0.15) is 0 Å². The highest BCUT2D eigenvalue weighted by molar-refractivity contribution is 7.90. The van der Waals surface area contributed by atoms with Crippen molar-refractivity contribution in [1.29, 1.82) is 0 Å². The molecule has 1 amide bonds. The van der Waals surface area contributed by atoms with Crippen molar-refractivity contribution in [3.63, 3.8) is 0 Å². The van der Waals surface area contributed by atoms with E-state index in [4.69, 9.17) is 16.3 Å². The third-order valence-electron chi connectivity index (χ3n) is 10.3. The lowest BCUT2D eigenvalue weighted by molar-refractivity contribution is -0.0185.